The second-order valence-electron chi connectivity index (χ2n) is 7.30. The Hall–Kier alpha value is -2.92. The van der Waals surface area contributed by atoms with E-state index < -0.39 is 28.6 Å². The predicted molar refractivity (Wildman–Crippen MR) is 126 cm³/mol. The van der Waals surface area contributed by atoms with Gasteiger partial charge in [0, 0.05) is 29.9 Å². The lowest BCUT2D eigenvalue weighted by molar-refractivity contribution is 0.227. The average molecular weight is 528 g/mol. The van der Waals surface area contributed by atoms with Crippen molar-refractivity contribution in [2.24, 2.45) is 0 Å². The number of benzene rings is 2. The summed E-state index contributed by atoms with van der Waals surface area (Å²) in [7, 11) is -2.73. The van der Waals surface area contributed by atoms with Gasteiger partial charge in [-0.15, -0.1) is 0 Å². The fourth-order valence-corrected chi connectivity index (χ4v) is 4.47. The molecule has 0 fully saturated rings. The summed E-state index contributed by atoms with van der Waals surface area (Å²) in [6.45, 7) is 1.64. The third kappa shape index (κ3) is 4.67. The molecule has 0 aliphatic carbocycles. The Morgan fingerprint density at radius 2 is 1.91 bits per heavy atom. The van der Waals surface area contributed by atoms with Crippen molar-refractivity contribution in [3.8, 4) is 16.9 Å². The van der Waals surface area contributed by atoms with Gasteiger partial charge in [0.15, 0.2) is 11.4 Å². The fraction of sp³-hybridized carbons (Fsp3) is 0.136. The van der Waals surface area contributed by atoms with Crippen LogP contribution in [0, 0.1) is 11.6 Å². The number of nitrogens with two attached hydrogens (primary N) is 1. The van der Waals surface area contributed by atoms with Crippen LogP contribution in [0.4, 0.5) is 14.6 Å². The van der Waals surface area contributed by atoms with E-state index in [1.54, 1.807) is 18.2 Å². The maximum absolute atomic E-state index is 14.0. The van der Waals surface area contributed by atoms with Gasteiger partial charge in [0.05, 0.1) is 21.7 Å². The molecule has 1 atom stereocenters. The molecule has 12 heteroatoms. The summed E-state index contributed by atoms with van der Waals surface area (Å²) in [6.07, 6.45) is 1.98. The summed E-state index contributed by atoms with van der Waals surface area (Å²) in [5.41, 5.74) is 8.31. The SMILES string of the molecule is C[C@@H](Oc1c(N)ncc2c(-c3cccc(CN[SH](=O)=O)c3)coc12)c1c(Cl)c(F)cc(F)c1Cl. The number of halogens is 4. The van der Waals surface area contributed by atoms with E-state index in [1.807, 2.05) is 6.07 Å². The first kappa shape index (κ1) is 24.2. The third-order valence-corrected chi connectivity index (χ3v) is 6.28. The Labute approximate surface area is 204 Å². The number of pyridine rings is 1. The minimum Gasteiger partial charge on any atom is -0.478 e. The van der Waals surface area contributed by atoms with Gasteiger partial charge in [-0.05, 0) is 24.1 Å². The number of rotatable bonds is 7. The van der Waals surface area contributed by atoms with Crippen molar-refractivity contribution in [2.45, 2.75) is 19.6 Å². The molecule has 2 aromatic carbocycles. The zero-order valence-electron chi connectivity index (χ0n) is 17.4. The summed E-state index contributed by atoms with van der Waals surface area (Å²) >= 11 is 12.0. The Morgan fingerprint density at radius 3 is 2.59 bits per heavy atom. The largest absolute Gasteiger partial charge is 0.478 e. The molecular formula is C22H17Cl2F2N3O4S. The van der Waals surface area contributed by atoms with E-state index in [9.17, 15) is 17.2 Å². The number of nitrogens with zero attached hydrogens (tertiary/aromatic N) is 1. The number of nitrogen functional groups attached to an aromatic ring is 1. The van der Waals surface area contributed by atoms with Crippen molar-refractivity contribution in [2.75, 3.05) is 5.73 Å². The number of anilines is 1. The predicted octanol–water partition coefficient (Wildman–Crippen LogP) is 5.42. The van der Waals surface area contributed by atoms with Crippen LogP contribution < -0.4 is 15.2 Å². The van der Waals surface area contributed by atoms with Crippen molar-refractivity contribution in [1.29, 1.82) is 0 Å². The maximum Gasteiger partial charge on any atom is 0.205 e. The van der Waals surface area contributed by atoms with E-state index in [2.05, 4.69) is 9.71 Å². The molecule has 34 heavy (non-hydrogen) atoms. The summed E-state index contributed by atoms with van der Waals surface area (Å²) in [4.78, 5) is 4.16. The molecule has 0 spiro atoms. The topological polar surface area (TPSA) is 107 Å². The van der Waals surface area contributed by atoms with E-state index in [1.165, 1.54) is 19.4 Å². The Bertz CT molecular complexity index is 1440. The van der Waals surface area contributed by atoms with E-state index >= 15 is 0 Å². The first-order valence-corrected chi connectivity index (χ1v) is 11.7. The molecule has 0 aliphatic heterocycles. The van der Waals surface area contributed by atoms with E-state index in [-0.39, 0.29) is 39.3 Å². The standard InChI is InChI=1S/C22H17Cl2F2N3O4S/c1-10(17-18(23)15(25)6-16(26)19(17)24)33-21-20-13(8-28-22(21)27)14(9-32-20)12-4-2-3-11(5-12)7-29-34(30)31/h2-6,8-10,34H,7H2,1H3,(H2,27,28)(H,29,30,31)/t10-/m1/s1. The number of aromatic nitrogens is 1. The number of ether oxygens (including phenoxy) is 1. The number of hydrogen-bond acceptors (Lipinski definition) is 6. The molecule has 0 radical (unpaired) electrons. The number of fused-ring (bicyclic) bond motifs is 1. The van der Waals surface area contributed by atoms with Gasteiger partial charge in [-0.2, -0.15) is 0 Å². The first-order chi connectivity index (χ1) is 16.2. The number of thiol groups is 1. The van der Waals surface area contributed by atoms with Gasteiger partial charge in [-0.1, -0.05) is 41.4 Å². The van der Waals surface area contributed by atoms with Crippen molar-refractivity contribution in [3.63, 3.8) is 0 Å². The molecule has 7 nitrogen and oxygen atoms in total. The highest BCUT2D eigenvalue weighted by Gasteiger charge is 2.25. The average Bonchev–Trinajstić information content (AvgIpc) is 3.23. The van der Waals surface area contributed by atoms with Gasteiger partial charge in [0.1, 0.15) is 17.7 Å². The molecule has 0 unspecified atom stereocenters. The van der Waals surface area contributed by atoms with Crippen LogP contribution in [0.5, 0.6) is 5.75 Å². The van der Waals surface area contributed by atoms with Crippen LogP contribution in [-0.2, 0) is 17.4 Å². The second-order valence-corrected chi connectivity index (χ2v) is 8.89. The first-order valence-electron chi connectivity index (χ1n) is 9.79. The van der Waals surface area contributed by atoms with Crippen molar-refractivity contribution >= 4 is 50.9 Å². The molecule has 0 saturated carbocycles. The number of nitrogens with one attached hydrogen (secondary N) is 1. The van der Waals surface area contributed by atoms with Crippen LogP contribution in [0.15, 0.2) is 47.2 Å². The lowest BCUT2D eigenvalue weighted by Gasteiger charge is -2.19. The molecule has 0 bridgehead atoms. The monoisotopic (exact) mass is 527 g/mol. The summed E-state index contributed by atoms with van der Waals surface area (Å²) in [5.74, 6) is -1.92. The third-order valence-electron chi connectivity index (χ3n) is 5.10. The van der Waals surface area contributed by atoms with Crippen LogP contribution in [0.3, 0.4) is 0 Å². The number of hydrogen-bond donors (Lipinski definition) is 3. The van der Waals surface area contributed by atoms with Gasteiger partial charge >= 0.3 is 0 Å². The van der Waals surface area contributed by atoms with Gasteiger partial charge in [0.25, 0.3) is 0 Å². The van der Waals surface area contributed by atoms with Crippen LogP contribution in [0.25, 0.3) is 22.1 Å². The molecule has 0 amide bonds. The fourth-order valence-electron chi connectivity index (χ4n) is 3.51. The highest BCUT2D eigenvalue weighted by atomic mass is 35.5. The van der Waals surface area contributed by atoms with E-state index in [0.717, 1.165) is 11.1 Å². The van der Waals surface area contributed by atoms with Crippen LogP contribution in [0.1, 0.15) is 24.2 Å². The number of furan rings is 1. The molecule has 0 saturated heterocycles. The molecule has 178 valence electrons. The van der Waals surface area contributed by atoms with Crippen molar-refractivity contribution in [3.05, 3.63) is 75.6 Å². The summed E-state index contributed by atoms with van der Waals surface area (Å²) < 4.78 is 63.6. The molecule has 0 aliphatic rings. The minimum atomic E-state index is -2.73. The summed E-state index contributed by atoms with van der Waals surface area (Å²) in [5, 5.41) is -0.190. The maximum atomic E-state index is 14.0. The highest BCUT2D eigenvalue weighted by molar-refractivity contribution is 7.70. The van der Waals surface area contributed by atoms with Gasteiger partial charge in [-0.3, -0.25) is 0 Å². The molecule has 4 rings (SSSR count). The van der Waals surface area contributed by atoms with Crippen LogP contribution in [0.2, 0.25) is 10.0 Å². The van der Waals surface area contributed by atoms with E-state index in [0.29, 0.717) is 17.0 Å². The van der Waals surface area contributed by atoms with Crippen LogP contribution in [-0.4, -0.2) is 13.4 Å². The Morgan fingerprint density at radius 1 is 1.21 bits per heavy atom. The van der Waals surface area contributed by atoms with E-state index in [4.69, 9.17) is 38.1 Å². The zero-order chi connectivity index (χ0) is 24.6. The Balaban J connectivity index is 1.73. The smallest absolute Gasteiger partial charge is 0.205 e. The molecule has 2 aromatic heterocycles. The van der Waals surface area contributed by atoms with Crippen LogP contribution >= 0.6 is 23.2 Å². The minimum absolute atomic E-state index is 0.0124. The molecule has 3 N–H and O–H groups in total. The van der Waals surface area contributed by atoms with Crippen molar-refractivity contribution in [1.82, 2.24) is 9.71 Å². The molecular weight excluding hydrogens is 511 g/mol. The highest BCUT2D eigenvalue weighted by Crippen LogP contribution is 2.42. The van der Waals surface area contributed by atoms with Gasteiger partial charge in [0.2, 0.25) is 16.6 Å². The summed E-state index contributed by atoms with van der Waals surface area (Å²) in [6, 6.07) is 7.75. The lowest BCUT2D eigenvalue weighted by atomic mass is 10.0. The van der Waals surface area contributed by atoms with Gasteiger partial charge in [-0.25, -0.2) is 26.9 Å². The molecule has 2 heterocycles. The van der Waals surface area contributed by atoms with Gasteiger partial charge < -0.3 is 14.9 Å². The second kappa shape index (κ2) is 9.75. The Kier molecular flexibility index (Phi) is 6.94. The molecule has 4 aromatic rings. The zero-order valence-corrected chi connectivity index (χ0v) is 19.8. The normalized spacial score (nSPS) is 12.4. The lowest BCUT2D eigenvalue weighted by Crippen LogP contribution is -2.10. The van der Waals surface area contributed by atoms with Crippen molar-refractivity contribution < 1.29 is 26.4 Å². The quantitative estimate of drug-likeness (QED) is 0.219.